The third-order valence-electron chi connectivity index (χ3n) is 3.19. The summed E-state index contributed by atoms with van der Waals surface area (Å²) in [7, 11) is 0. The van der Waals surface area contributed by atoms with Gasteiger partial charge in [0.1, 0.15) is 6.04 Å². The highest BCUT2D eigenvalue weighted by molar-refractivity contribution is 5.73. The van der Waals surface area contributed by atoms with E-state index in [0.717, 1.165) is 31.7 Å². The van der Waals surface area contributed by atoms with Crippen molar-refractivity contribution in [3.05, 3.63) is 29.8 Å². The fourth-order valence-corrected chi connectivity index (χ4v) is 2.11. The monoisotopic (exact) mass is 249 g/mol. The van der Waals surface area contributed by atoms with Gasteiger partial charge in [0.05, 0.1) is 0 Å². The Labute approximate surface area is 107 Å². The minimum atomic E-state index is -0.957. The second-order valence-corrected chi connectivity index (χ2v) is 4.55. The summed E-state index contributed by atoms with van der Waals surface area (Å²) in [5.74, 6) is -0.957. The van der Waals surface area contributed by atoms with Crippen molar-refractivity contribution in [3.63, 3.8) is 0 Å². The lowest BCUT2D eigenvalue weighted by molar-refractivity contribution is -0.138. The molecule has 5 nitrogen and oxygen atoms in total. The molecule has 1 saturated heterocycles. The molecule has 0 radical (unpaired) electrons. The number of benzene rings is 1. The smallest absolute Gasteiger partial charge is 0.320 e. The molecule has 1 aromatic rings. The molecular formula is C13H19N3O2. The zero-order chi connectivity index (χ0) is 13.0. The highest BCUT2D eigenvalue weighted by atomic mass is 16.4. The topological polar surface area (TPSA) is 78.6 Å². The maximum atomic E-state index is 10.7. The van der Waals surface area contributed by atoms with Gasteiger partial charge in [0.25, 0.3) is 0 Å². The van der Waals surface area contributed by atoms with Crippen LogP contribution in [0.2, 0.25) is 0 Å². The first-order chi connectivity index (χ1) is 8.66. The average molecular weight is 249 g/mol. The van der Waals surface area contributed by atoms with E-state index < -0.39 is 12.0 Å². The Hall–Kier alpha value is -1.59. The molecule has 0 saturated carbocycles. The first-order valence-corrected chi connectivity index (χ1v) is 6.20. The highest BCUT2D eigenvalue weighted by Gasteiger charge is 2.13. The molecule has 5 heteroatoms. The van der Waals surface area contributed by atoms with E-state index >= 15 is 0 Å². The summed E-state index contributed by atoms with van der Waals surface area (Å²) in [5, 5.41) is 12.1. The fourth-order valence-electron chi connectivity index (χ4n) is 2.11. The van der Waals surface area contributed by atoms with Crippen LogP contribution >= 0.6 is 0 Å². The molecule has 1 unspecified atom stereocenters. The van der Waals surface area contributed by atoms with Crippen LogP contribution in [0, 0.1) is 0 Å². The van der Waals surface area contributed by atoms with Gasteiger partial charge in [-0.2, -0.15) is 0 Å². The predicted molar refractivity (Wildman–Crippen MR) is 70.8 cm³/mol. The normalized spacial score (nSPS) is 17.5. The number of carboxylic acid groups (broad SMARTS) is 1. The van der Waals surface area contributed by atoms with Gasteiger partial charge < -0.3 is 21.1 Å². The molecule has 1 fully saturated rings. The molecule has 1 aliphatic heterocycles. The molecule has 98 valence electrons. The van der Waals surface area contributed by atoms with Crippen LogP contribution in [0.1, 0.15) is 5.56 Å². The maximum Gasteiger partial charge on any atom is 0.320 e. The number of anilines is 1. The number of hydrogen-bond donors (Lipinski definition) is 3. The number of aliphatic carboxylic acids is 1. The fraction of sp³-hybridized carbons (Fsp3) is 0.462. The predicted octanol–water partition coefficient (Wildman–Crippen LogP) is 0.0506. The van der Waals surface area contributed by atoms with Gasteiger partial charge in [-0.1, -0.05) is 12.1 Å². The Morgan fingerprint density at radius 3 is 2.50 bits per heavy atom. The van der Waals surface area contributed by atoms with Gasteiger partial charge in [-0.25, -0.2) is 0 Å². The van der Waals surface area contributed by atoms with E-state index in [1.165, 1.54) is 5.69 Å². The standard InChI is InChI=1S/C13H19N3O2/c14-12(13(17)18)9-10-1-3-11(4-2-10)16-7-5-15-6-8-16/h1-4,12,15H,5-9,14H2,(H,17,18). The van der Waals surface area contributed by atoms with Gasteiger partial charge in [-0.05, 0) is 24.1 Å². The zero-order valence-electron chi connectivity index (χ0n) is 10.3. The van der Waals surface area contributed by atoms with Crippen molar-refractivity contribution in [2.75, 3.05) is 31.1 Å². The molecule has 0 amide bonds. The summed E-state index contributed by atoms with van der Waals surface area (Å²) < 4.78 is 0. The van der Waals surface area contributed by atoms with E-state index in [-0.39, 0.29) is 0 Å². The molecule has 2 rings (SSSR count). The number of piperazine rings is 1. The van der Waals surface area contributed by atoms with Crippen molar-refractivity contribution >= 4 is 11.7 Å². The lowest BCUT2D eigenvalue weighted by Gasteiger charge is -2.29. The highest BCUT2D eigenvalue weighted by Crippen LogP contribution is 2.16. The minimum absolute atomic E-state index is 0.372. The summed E-state index contributed by atoms with van der Waals surface area (Å²) in [5.41, 5.74) is 7.66. The first kappa shape index (κ1) is 12.9. The van der Waals surface area contributed by atoms with E-state index in [1.54, 1.807) is 0 Å². The number of nitrogens with zero attached hydrogens (tertiary/aromatic N) is 1. The third kappa shape index (κ3) is 3.21. The lowest BCUT2D eigenvalue weighted by atomic mass is 10.1. The average Bonchev–Trinajstić information content (AvgIpc) is 2.40. The van der Waals surface area contributed by atoms with E-state index in [0.29, 0.717) is 6.42 Å². The Morgan fingerprint density at radius 1 is 1.33 bits per heavy atom. The summed E-state index contributed by atoms with van der Waals surface area (Å²) in [6.45, 7) is 4.03. The van der Waals surface area contributed by atoms with E-state index in [1.807, 2.05) is 24.3 Å². The van der Waals surface area contributed by atoms with E-state index in [9.17, 15) is 4.79 Å². The van der Waals surface area contributed by atoms with Crippen molar-refractivity contribution in [1.82, 2.24) is 5.32 Å². The van der Waals surface area contributed by atoms with E-state index in [2.05, 4.69) is 10.2 Å². The van der Waals surface area contributed by atoms with Crippen LogP contribution in [-0.2, 0) is 11.2 Å². The van der Waals surface area contributed by atoms with Crippen molar-refractivity contribution in [3.8, 4) is 0 Å². The van der Waals surface area contributed by atoms with Crippen molar-refractivity contribution in [1.29, 1.82) is 0 Å². The second kappa shape index (κ2) is 5.84. The second-order valence-electron chi connectivity index (χ2n) is 4.55. The number of nitrogens with one attached hydrogen (secondary N) is 1. The number of rotatable bonds is 4. The molecule has 1 aliphatic rings. The largest absolute Gasteiger partial charge is 0.480 e. The van der Waals surface area contributed by atoms with Gasteiger partial charge in [0, 0.05) is 31.9 Å². The number of carbonyl (C=O) groups is 1. The Bertz CT molecular complexity index is 399. The summed E-state index contributed by atoms with van der Waals surface area (Å²) in [4.78, 5) is 13.0. The van der Waals surface area contributed by atoms with Gasteiger partial charge in [0.2, 0.25) is 0 Å². The summed E-state index contributed by atoms with van der Waals surface area (Å²) >= 11 is 0. The minimum Gasteiger partial charge on any atom is -0.480 e. The van der Waals surface area contributed by atoms with Crippen molar-refractivity contribution in [2.45, 2.75) is 12.5 Å². The van der Waals surface area contributed by atoms with Crippen LogP contribution < -0.4 is 16.0 Å². The summed E-state index contributed by atoms with van der Waals surface area (Å²) in [6.07, 6.45) is 0.372. The van der Waals surface area contributed by atoms with Crippen molar-refractivity contribution < 1.29 is 9.90 Å². The first-order valence-electron chi connectivity index (χ1n) is 6.20. The Kier molecular flexibility index (Phi) is 4.17. The molecule has 1 heterocycles. The quantitative estimate of drug-likeness (QED) is 0.703. The van der Waals surface area contributed by atoms with Gasteiger partial charge in [-0.15, -0.1) is 0 Å². The van der Waals surface area contributed by atoms with Crippen molar-refractivity contribution in [2.24, 2.45) is 5.73 Å². The Balaban J connectivity index is 1.98. The molecule has 0 aromatic heterocycles. The maximum absolute atomic E-state index is 10.7. The van der Waals surface area contributed by atoms with Crippen LogP contribution in [0.4, 0.5) is 5.69 Å². The van der Waals surface area contributed by atoms with Crippen LogP contribution in [0.5, 0.6) is 0 Å². The molecule has 1 aromatic carbocycles. The molecule has 0 bridgehead atoms. The molecule has 0 spiro atoms. The molecule has 0 aliphatic carbocycles. The van der Waals surface area contributed by atoms with Crippen LogP contribution in [0.25, 0.3) is 0 Å². The molecule has 4 N–H and O–H groups in total. The molecule has 18 heavy (non-hydrogen) atoms. The van der Waals surface area contributed by atoms with E-state index in [4.69, 9.17) is 10.8 Å². The molecule has 1 atom stereocenters. The SMILES string of the molecule is NC(Cc1ccc(N2CCNCC2)cc1)C(=O)O. The van der Waals surface area contributed by atoms with Crippen LogP contribution in [-0.4, -0.2) is 43.3 Å². The third-order valence-corrected chi connectivity index (χ3v) is 3.19. The van der Waals surface area contributed by atoms with Gasteiger partial charge in [0.15, 0.2) is 0 Å². The summed E-state index contributed by atoms with van der Waals surface area (Å²) in [6, 6.07) is 7.17. The zero-order valence-corrected chi connectivity index (χ0v) is 10.3. The van der Waals surface area contributed by atoms with Gasteiger partial charge >= 0.3 is 5.97 Å². The number of nitrogens with two attached hydrogens (primary N) is 1. The van der Waals surface area contributed by atoms with Gasteiger partial charge in [-0.3, -0.25) is 4.79 Å². The van der Waals surface area contributed by atoms with Crippen LogP contribution in [0.3, 0.4) is 0 Å². The molecular weight excluding hydrogens is 230 g/mol. The van der Waals surface area contributed by atoms with Crippen LogP contribution in [0.15, 0.2) is 24.3 Å². The Morgan fingerprint density at radius 2 is 1.94 bits per heavy atom. The number of carboxylic acids is 1. The lowest BCUT2D eigenvalue weighted by Crippen LogP contribution is -2.43. The number of hydrogen-bond acceptors (Lipinski definition) is 4.